The number of carbonyl (C=O) groups is 2. The molecule has 2 fully saturated rings. The van der Waals surface area contributed by atoms with Gasteiger partial charge in [-0.05, 0) is 54.3 Å². The number of amides is 1. The van der Waals surface area contributed by atoms with Gasteiger partial charge < -0.3 is 19.5 Å². The lowest BCUT2D eigenvalue weighted by Crippen LogP contribution is -2.45. The lowest BCUT2D eigenvalue weighted by molar-refractivity contribution is -0.146. The second kappa shape index (κ2) is 19.5. The molecule has 8 rings (SSSR count). The number of halogens is 2. The Hall–Kier alpha value is -6.81. The van der Waals surface area contributed by atoms with Gasteiger partial charge in [-0.25, -0.2) is 46.3 Å². The van der Waals surface area contributed by atoms with Crippen LogP contribution in [0, 0.1) is 11.6 Å². The summed E-state index contributed by atoms with van der Waals surface area (Å²) in [6.45, 7) is 3.90. The van der Waals surface area contributed by atoms with E-state index in [4.69, 9.17) is 14.2 Å². The minimum atomic E-state index is -4.44. The molecular formula is C44H43F2N9O9S. The number of pyridine rings is 2. The standard InChI is InChI=1S/C44H43F2N9O9S/c1-53-38-26-47-11-8-32(38)42(57)55(44(53)59)39-7-2-27(23-48-39)20-37(43(58)64-19-14-54-12-17-63-18-13-54)51-41(56)33-21-35(46)36(22-34(33)45)52-65(60,61)31-5-3-28(4-6-31)30-24-49-40(50-25-30)29-9-15-62-16-10-29/h2-8,11,21-26,29,37,52H,9-10,12-20H2,1H3,(H,51,56)/t37-/m0/s1. The molecule has 0 spiro atoms. The van der Waals surface area contributed by atoms with Gasteiger partial charge in [0.15, 0.2) is 0 Å². The number of sulfonamides is 1. The zero-order valence-electron chi connectivity index (χ0n) is 35.0. The first kappa shape index (κ1) is 44.8. The summed E-state index contributed by atoms with van der Waals surface area (Å²) in [5, 5.41) is 2.64. The van der Waals surface area contributed by atoms with Crippen LogP contribution in [-0.2, 0) is 42.5 Å². The van der Waals surface area contributed by atoms with Crippen molar-refractivity contribution in [1.29, 1.82) is 0 Å². The van der Waals surface area contributed by atoms with Crippen LogP contribution in [-0.4, -0.2) is 113 Å². The number of hydrogen-bond acceptors (Lipinski definition) is 14. The Kier molecular flexibility index (Phi) is 13.4. The zero-order chi connectivity index (χ0) is 45.7. The van der Waals surface area contributed by atoms with E-state index in [1.54, 1.807) is 12.4 Å². The summed E-state index contributed by atoms with van der Waals surface area (Å²) in [6, 6.07) is 9.61. The van der Waals surface area contributed by atoms with Crippen molar-refractivity contribution in [2.75, 3.05) is 57.4 Å². The summed E-state index contributed by atoms with van der Waals surface area (Å²) in [7, 11) is -2.96. The smallest absolute Gasteiger partial charge is 0.337 e. The van der Waals surface area contributed by atoms with E-state index < -0.39 is 62.1 Å². The van der Waals surface area contributed by atoms with Crippen LogP contribution < -0.4 is 21.3 Å². The van der Waals surface area contributed by atoms with Crippen LogP contribution in [0.1, 0.15) is 40.5 Å². The number of anilines is 1. The molecule has 0 saturated carbocycles. The molecule has 0 unspecified atom stereocenters. The quantitative estimate of drug-likeness (QED) is 0.150. The molecule has 21 heteroatoms. The number of aromatic nitrogens is 6. The van der Waals surface area contributed by atoms with Crippen LogP contribution in [0.2, 0.25) is 0 Å². The molecular weight excluding hydrogens is 869 g/mol. The van der Waals surface area contributed by atoms with E-state index in [0.717, 1.165) is 17.4 Å². The summed E-state index contributed by atoms with van der Waals surface area (Å²) < 4.78 is 78.3. The number of hydrogen-bond donors (Lipinski definition) is 2. The molecule has 18 nitrogen and oxygen atoms in total. The molecule has 6 aromatic rings. The molecule has 65 heavy (non-hydrogen) atoms. The first-order chi connectivity index (χ1) is 31.4. The Bertz CT molecular complexity index is 2940. The normalized spacial score (nSPS) is 15.4. The number of esters is 1. The molecule has 1 atom stereocenters. The minimum Gasteiger partial charge on any atom is -0.463 e. The first-order valence-corrected chi connectivity index (χ1v) is 22.2. The van der Waals surface area contributed by atoms with E-state index in [0.29, 0.717) is 86.2 Å². The monoisotopic (exact) mass is 911 g/mol. The average molecular weight is 912 g/mol. The maximum absolute atomic E-state index is 15.6. The number of nitrogens with zero attached hydrogens (tertiary/aromatic N) is 7. The third-order valence-corrected chi connectivity index (χ3v) is 12.6. The fourth-order valence-electron chi connectivity index (χ4n) is 7.52. The fourth-order valence-corrected chi connectivity index (χ4v) is 8.57. The molecule has 4 aromatic heterocycles. The maximum atomic E-state index is 15.6. The molecule has 338 valence electrons. The van der Waals surface area contributed by atoms with Gasteiger partial charge in [0.25, 0.3) is 21.5 Å². The SMILES string of the molecule is Cn1c(=O)n(-c2ccc(C[C@H](NC(=O)c3cc(F)c(NS(=O)(=O)c4ccc(-c5cnc(C6CCOCC6)nc5)cc4)cc3F)C(=O)OCCN3CCOCC3)cn2)c(=O)c2ccncc21. The van der Waals surface area contributed by atoms with Gasteiger partial charge in [-0.2, -0.15) is 0 Å². The molecule has 2 N–H and O–H groups in total. The van der Waals surface area contributed by atoms with Crippen LogP contribution >= 0.6 is 0 Å². The van der Waals surface area contributed by atoms with E-state index in [1.165, 1.54) is 72.7 Å². The Morgan fingerprint density at radius 2 is 1.60 bits per heavy atom. The van der Waals surface area contributed by atoms with Crippen molar-refractivity contribution < 1.29 is 41.0 Å². The van der Waals surface area contributed by atoms with E-state index >= 15 is 8.78 Å². The molecule has 2 aliphatic rings. The van der Waals surface area contributed by atoms with Crippen molar-refractivity contribution in [2.24, 2.45) is 7.05 Å². The van der Waals surface area contributed by atoms with Crippen molar-refractivity contribution in [3.63, 3.8) is 0 Å². The lowest BCUT2D eigenvalue weighted by Gasteiger charge is -2.26. The summed E-state index contributed by atoms with van der Waals surface area (Å²) in [5.74, 6) is -3.75. The second-order valence-electron chi connectivity index (χ2n) is 15.4. The van der Waals surface area contributed by atoms with Crippen molar-refractivity contribution in [3.8, 4) is 16.9 Å². The first-order valence-electron chi connectivity index (χ1n) is 20.7. The van der Waals surface area contributed by atoms with E-state index in [-0.39, 0.29) is 35.0 Å². The van der Waals surface area contributed by atoms with Crippen molar-refractivity contribution in [1.82, 2.24) is 39.3 Å². The Labute approximate surface area is 370 Å². The number of ether oxygens (including phenoxy) is 3. The Balaban J connectivity index is 0.969. The van der Waals surface area contributed by atoms with Crippen LogP contribution in [0.3, 0.4) is 0 Å². The van der Waals surface area contributed by atoms with Crippen LogP contribution in [0.4, 0.5) is 14.5 Å². The lowest BCUT2D eigenvalue weighted by atomic mass is 9.99. The molecule has 0 aliphatic carbocycles. The van der Waals surface area contributed by atoms with Gasteiger partial charge >= 0.3 is 11.7 Å². The van der Waals surface area contributed by atoms with E-state index in [9.17, 15) is 27.6 Å². The largest absolute Gasteiger partial charge is 0.463 e. The number of carbonyl (C=O) groups excluding carboxylic acids is 2. The minimum absolute atomic E-state index is 0.0148. The highest BCUT2D eigenvalue weighted by atomic mass is 32.2. The molecule has 2 aromatic carbocycles. The average Bonchev–Trinajstić information content (AvgIpc) is 3.32. The Morgan fingerprint density at radius 3 is 2.31 bits per heavy atom. The third-order valence-electron chi connectivity index (χ3n) is 11.2. The number of nitrogens with one attached hydrogen (secondary N) is 2. The van der Waals surface area contributed by atoms with Crippen LogP contribution in [0.15, 0.2) is 100 Å². The molecule has 0 bridgehead atoms. The van der Waals surface area contributed by atoms with Gasteiger partial charge in [0.05, 0.1) is 46.5 Å². The molecule has 2 aliphatic heterocycles. The predicted octanol–water partition coefficient (Wildman–Crippen LogP) is 3.13. The fraction of sp³-hybridized carbons (Fsp3) is 0.318. The summed E-state index contributed by atoms with van der Waals surface area (Å²) in [4.78, 5) is 72.6. The second-order valence-corrected chi connectivity index (χ2v) is 17.1. The maximum Gasteiger partial charge on any atom is 0.337 e. The van der Waals surface area contributed by atoms with Gasteiger partial charge in [0, 0.05) is 88.7 Å². The van der Waals surface area contributed by atoms with Crippen molar-refractivity contribution >= 4 is 38.5 Å². The molecule has 1 amide bonds. The summed E-state index contributed by atoms with van der Waals surface area (Å²) >= 11 is 0. The van der Waals surface area contributed by atoms with Crippen molar-refractivity contribution in [2.45, 2.75) is 36.1 Å². The van der Waals surface area contributed by atoms with Gasteiger partial charge in [0.1, 0.15) is 35.9 Å². The van der Waals surface area contributed by atoms with E-state index in [2.05, 4.69) is 25.3 Å². The predicted molar refractivity (Wildman–Crippen MR) is 231 cm³/mol. The van der Waals surface area contributed by atoms with Crippen LogP contribution in [0.25, 0.3) is 27.8 Å². The number of morpholine rings is 1. The number of rotatable bonds is 14. The Morgan fingerprint density at radius 1 is 0.877 bits per heavy atom. The van der Waals surface area contributed by atoms with Gasteiger partial charge in [-0.15, -0.1) is 0 Å². The van der Waals surface area contributed by atoms with Gasteiger partial charge in [-0.3, -0.25) is 28.8 Å². The molecule has 6 heterocycles. The number of fused-ring (bicyclic) bond motifs is 1. The highest BCUT2D eigenvalue weighted by molar-refractivity contribution is 7.92. The summed E-state index contributed by atoms with van der Waals surface area (Å²) in [5.41, 5.74) is -0.921. The third kappa shape index (κ3) is 10.1. The number of benzene rings is 2. The molecule has 2 saturated heterocycles. The van der Waals surface area contributed by atoms with Gasteiger partial charge in [-0.1, -0.05) is 18.2 Å². The summed E-state index contributed by atoms with van der Waals surface area (Å²) in [6.07, 6.45) is 8.83. The highest BCUT2D eigenvalue weighted by Crippen LogP contribution is 2.28. The van der Waals surface area contributed by atoms with Crippen LogP contribution in [0.5, 0.6) is 0 Å². The van der Waals surface area contributed by atoms with Crippen molar-refractivity contribution in [3.05, 3.63) is 135 Å². The topological polar surface area (TPSA) is 219 Å². The van der Waals surface area contributed by atoms with Gasteiger partial charge in [0.2, 0.25) is 0 Å². The highest BCUT2D eigenvalue weighted by Gasteiger charge is 2.28. The molecule has 0 radical (unpaired) electrons. The zero-order valence-corrected chi connectivity index (χ0v) is 35.8. The number of aryl methyl sites for hydroxylation is 1. The van der Waals surface area contributed by atoms with E-state index in [1.807, 2.05) is 9.62 Å².